The number of nitrogens with one attached hydrogen (secondary N) is 1. The lowest BCUT2D eigenvalue weighted by atomic mass is 10.0. The summed E-state index contributed by atoms with van der Waals surface area (Å²) < 4.78 is 0. The highest BCUT2D eigenvalue weighted by atomic mass is 16.1. The van der Waals surface area contributed by atoms with Crippen LogP contribution in [0.1, 0.15) is 36.2 Å². The zero-order valence-electron chi connectivity index (χ0n) is 11.2. The van der Waals surface area contributed by atoms with Crippen LogP contribution < -0.4 is 16.8 Å². The molecule has 5 nitrogen and oxygen atoms in total. The van der Waals surface area contributed by atoms with Crippen molar-refractivity contribution in [3.8, 4) is 0 Å². The molecular weight excluding hydrogens is 228 g/mol. The summed E-state index contributed by atoms with van der Waals surface area (Å²) in [6.07, 6.45) is 2.58. The minimum Gasteiger partial charge on any atom is -0.365 e. The number of nitrogens with two attached hydrogens (primary N) is 2. The number of hydrogen-bond acceptors (Lipinski definition) is 4. The molecule has 1 aromatic rings. The van der Waals surface area contributed by atoms with Crippen molar-refractivity contribution in [3.05, 3.63) is 23.4 Å². The first-order chi connectivity index (χ1) is 8.45. The first-order valence-corrected chi connectivity index (χ1v) is 6.17. The Hall–Kier alpha value is -1.62. The van der Waals surface area contributed by atoms with Crippen molar-refractivity contribution < 1.29 is 4.79 Å². The van der Waals surface area contributed by atoms with Crippen molar-refractivity contribution in [1.29, 1.82) is 0 Å². The third kappa shape index (κ3) is 3.70. The second-order valence-corrected chi connectivity index (χ2v) is 4.92. The molecule has 100 valence electrons. The van der Waals surface area contributed by atoms with Crippen LogP contribution in [0.2, 0.25) is 0 Å². The van der Waals surface area contributed by atoms with Crippen LogP contribution in [-0.2, 0) is 0 Å². The number of rotatable bonds is 6. The van der Waals surface area contributed by atoms with Crippen LogP contribution in [0.5, 0.6) is 0 Å². The van der Waals surface area contributed by atoms with Gasteiger partial charge in [0.25, 0.3) is 5.91 Å². The fourth-order valence-electron chi connectivity index (χ4n) is 1.96. The summed E-state index contributed by atoms with van der Waals surface area (Å²) in [7, 11) is 0. The Kier molecular flexibility index (Phi) is 5.09. The SMILES string of the molecule is Cc1ccnc(NC(CN)CC(C)C)c1C(N)=O. The lowest BCUT2D eigenvalue weighted by Gasteiger charge is -2.21. The van der Waals surface area contributed by atoms with E-state index in [0.29, 0.717) is 23.8 Å². The molecular formula is C13H22N4O. The standard InChI is InChI=1S/C13H22N4O/c1-8(2)6-10(7-14)17-13-11(12(15)18)9(3)4-5-16-13/h4-5,8,10H,6-7,14H2,1-3H3,(H2,15,18)(H,16,17). The summed E-state index contributed by atoms with van der Waals surface area (Å²) in [6, 6.07) is 1.86. The van der Waals surface area contributed by atoms with Gasteiger partial charge in [-0.2, -0.15) is 0 Å². The monoisotopic (exact) mass is 250 g/mol. The Bertz CT molecular complexity index is 417. The fraction of sp³-hybridized carbons (Fsp3) is 0.538. The molecule has 18 heavy (non-hydrogen) atoms. The molecule has 1 heterocycles. The van der Waals surface area contributed by atoms with Gasteiger partial charge in [-0.1, -0.05) is 13.8 Å². The van der Waals surface area contributed by atoms with Crippen molar-refractivity contribution in [1.82, 2.24) is 4.98 Å². The minimum absolute atomic E-state index is 0.0948. The average molecular weight is 250 g/mol. The largest absolute Gasteiger partial charge is 0.365 e. The van der Waals surface area contributed by atoms with Crippen LogP contribution in [0.15, 0.2) is 12.3 Å². The molecule has 0 fully saturated rings. The van der Waals surface area contributed by atoms with Gasteiger partial charge >= 0.3 is 0 Å². The number of pyridine rings is 1. The molecule has 1 rings (SSSR count). The predicted molar refractivity (Wildman–Crippen MR) is 73.4 cm³/mol. The first kappa shape index (κ1) is 14.4. The number of primary amides is 1. The summed E-state index contributed by atoms with van der Waals surface area (Å²) >= 11 is 0. The topological polar surface area (TPSA) is 94.0 Å². The van der Waals surface area contributed by atoms with Gasteiger partial charge in [-0.3, -0.25) is 4.79 Å². The smallest absolute Gasteiger partial charge is 0.252 e. The fourth-order valence-corrected chi connectivity index (χ4v) is 1.96. The van der Waals surface area contributed by atoms with Crippen LogP contribution >= 0.6 is 0 Å². The van der Waals surface area contributed by atoms with Gasteiger partial charge in [0, 0.05) is 18.8 Å². The zero-order valence-corrected chi connectivity index (χ0v) is 11.2. The quantitative estimate of drug-likeness (QED) is 0.708. The molecule has 1 aromatic heterocycles. The molecule has 0 radical (unpaired) electrons. The number of carbonyl (C=O) groups excluding carboxylic acids is 1. The van der Waals surface area contributed by atoms with Crippen molar-refractivity contribution in [2.45, 2.75) is 33.2 Å². The van der Waals surface area contributed by atoms with E-state index in [2.05, 4.69) is 24.1 Å². The van der Waals surface area contributed by atoms with Gasteiger partial charge in [-0.25, -0.2) is 4.98 Å². The molecule has 0 aliphatic heterocycles. The number of amides is 1. The van der Waals surface area contributed by atoms with Gasteiger partial charge in [0.1, 0.15) is 5.82 Å². The average Bonchev–Trinajstić information content (AvgIpc) is 2.27. The van der Waals surface area contributed by atoms with Crippen LogP contribution in [-0.4, -0.2) is 23.5 Å². The Morgan fingerprint density at radius 2 is 2.17 bits per heavy atom. The highest BCUT2D eigenvalue weighted by Crippen LogP contribution is 2.18. The van der Waals surface area contributed by atoms with E-state index in [1.807, 2.05) is 6.92 Å². The summed E-state index contributed by atoms with van der Waals surface area (Å²) in [5, 5.41) is 3.21. The summed E-state index contributed by atoms with van der Waals surface area (Å²) in [5.41, 5.74) is 12.4. The number of aryl methyl sites for hydroxylation is 1. The number of aromatic nitrogens is 1. The van der Waals surface area contributed by atoms with Crippen molar-refractivity contribution in [2.24, 2.45) is 17.4 Å². The molecule has 0 aromatic carbocycles. The molecule has 5 heteroatoms. The maximum absolute atomic E-state index is 11.4. The van der Waals surface area contributed by atoms with Crippen LogP contribution in [0.25, 0.3) is 0 Å². The Morgan fingerprint density at radius 1 is 1.50 bits per heavy atom. The molecule has 0 aliphatic carbocycles. The van der Waals surface area contributed by atoms with E-state index in [1.165, 1.54) is 0 Å². The van der Waals surface area contributed by atoms with E-state index in [9.17, 15) is 4.79 Å². The van der Waals surface area contributed by atoms with Crippen molar-refractivity contribution in [2.75, 3.05) is 11.9 Å². The van der Waals surface area contributed by atoms with Gasteiger partial charge in [0.05, 0.1) is 5.56 Å². The molecule has 5 N–H and O–H groups in total. The lowest BCUT2D eigenvalue weighted by molar-refractivity contribution is 0.1000. The first-order valence-electron chi connectivity index (χ1n) is 6.17. The van der Waals surface area contributed by atoms with E-state index in [0.717, 1.165) is 12.0 Å². The summed E-state index contributed by atoms with van der Waals surface area (Å²) in [5.74, 6) is 0.579. The predicted octanol–water partition coefficient (Wildman–Crippen LogP) is 1.27. The molecule has 1 amide bonds. The van der Waals surface area contributed by atoms with E-state index < -0.39 is 5.91 Å². The maximum atomic E-state index is 11.4. The molecule has 0 aliphatic rings. The number of carbonyl (C=O) groups is 1. The zero-order chi connectivity index (χ0) is 13.7. The molecule has 0 saturated heterocycles. The second-order valence-electron chi connectivity index (χ2n) is 4.92. The molecule has 1 unspecified atom stereocenters. The van der Waals surface area contributed by atoms with E-state index in [4.69, 9.17) is 11.5 Å². The lowest BCUT2D eigenvalue weighted by Crippen LogP contribution is -2.32. The van der Waals surface area contributed by atoms with Gasteiger partial charge in [0.15, 0.2) is 0 Å². The van der Waals surface area contributed by atoms with Gasteiger partial charge in [-0.05, 0) is 30.9 Å². The Balaban J connectivity index is 2.95. The minimum atomic E-state index is -0.469. The molecule has 0 spiro atoms. The van der Waals surface area contributed by atoms with Gasteiger partial charge in [-0.15, -0.1) is 0 Å². The number of nitrogens with zero attached hydrogens (tertiary/aromatic N) is 1. The second kappa shape index (κ2) is 6.35. The van der Waals surface area contributed by atoms with Crippen LogP contribution in [0.4, 0.5) is 5.82 Å². The van der Waals surface area contributed by atoms with E-state index in [-0.39, 0.29) is 6.04 Å². The maximum Gasteiger partial charge on any atom is 0.252 e. The van der Waals surface area contributed by atoms with Crippen molar-refractivity contribution in [3.63, 3.8) is 0 Å². The highest BCUT2D eigenvalue weighted by Gasteiger charge is 2.16. The summed E-state index contributed by atoms with van der Waals surface area (Å²) in [6.45, 7) is 6.59. The Morgan fingerprint density at radius 3 is 2.67 bits per heavy atom. The Labute approximate surface area is 108 Å². The molecule has 0 saturated carbocycles. The number of anilines is 1. The normalized spacial score (nSPS) is 12.5. The third-order valence-corrected chi connectivity index (χ3v) is 2.79. The van der Waals surface area contributed by atoms with Gasteiger partial charge < -0.3 is 16.8 Å². The van der Waals surface area contributed by atoms with Crippen LogP contribution in [0.3, 0.4) is 0 Å². The van der Waals surface area contributed by atoms with E-state index in [1.54, 1.807) is 12.3 Å². The summed E-state index contributed by atoms with van der Waals surface area (Å²) in [4.78, 5) is 15.6. The third-order valence-electron chi connectivity index (χ3n) is 2.79. The number of hydrogen-bond donors (Lipinski definition) is 3. The van der Waals surface area contributed by atoms with Gasteiger partial charge in [0.2, 0.25) is 0 Å². The van der Waals surface area contributed by atoms with Crippen molar-refractivity contribution >= 4 is 11.7 Å². The van der Waals surface area contributed by atoms with E-state index >= 15 is 0 Å². The van der Waals surface area contributed by atoms with Crippen LogP contribution in [0, 0.1) is 12.8 Å². The molecule has 1 atom stereocenters. The molecule has 0 bridgehead atoms. The highest BCUT2D eigenvalue weighted by molar-refractivity contribution is 5.99.